The van der Waals surface area contributed by atoms with E-state index in [0.717, 1.165) is 0 Å². The molecule has 0 saturated heterocycles. The summed E-state index contributed by atoms with van der Waals surface area (Å²) in [6, 6.07) is 10.9. The summed E-state index contributed by atoms with van der Waals surface area (Å²) < 4.78 is 67.8. The Hall–Kier alpha value is -3.46. The molecule has 0 bridgehead atoms. The molecule has 0 aliphatic heterocycles. The Morgan fingerprint density at radius 1 is 0.839 bits per heavy atom. The fraction of sp³-hybridized carbons (Fsp3) is 0.0476. The Bertz CT molecular complexity index is 1460. The summed E-state index contributed by atoms with van der Waals surface area (Å²) in [5, 5.41) is 5.12. The molecule has 4 rings (SSSR count). The minimum absolute atomic E-state index is 0.0790. The summed E-state index contributed by atoms with van der Waals surface area (Å²) in [6.07, 6.45) is 0. The van der Waals surface area contributed by atoms with E-state index in [4.69, 9.17) is 16.4 Å². The largest absolute Gasteiger partial charge is 0.390 e. The number of halogens is 6. The van der Waals surface area contributed by atoms with Crippen molar-refractivity contribution >= 4 is 33.3 Å². The van der Waals surface area contributed by atoms with Crippen LogP contribution in [0, 0.1) is 29.1 Å². The third kappa shape index (κ3) is 3.61. The highest BCUT2D eigenvalue weighted by Gasteiger charge is 2.26. The third-order valence-electron chi connectivity index (χ3n) is 4.58. The molecule has 1 aromatic heterocycles. The van der Waals surface area contributed by atoms with Crippen LogP contribution in [-0.2, 0) is 11.4 Å². The van der Waals surface area contributed by atoms with E-state index in [2.05, 4.69) is 10.1 Å². The number of H-pyrrole nitrogens is 1. The summed E-state index contributed by atoms with van der Waals surface area (Å²) in [6.45, 7) is -1.05. The molecule has 0 aliphatic rings. The van der Waals surface area contributed by atoms with Gasteiger partial charge in [-0.25, -0.2) is 22.0 Å². The van der Waals surface area contributed by atoms with Gasteiger partial charge in [0.15, 0.2) is 23.3 Å². The first kappa shape index (κ1) is 20.8. The monoisotopic (exact) mass is 452 g/mol. The Labute approximate surface area is 175 Å². The van der Waals surface area contributed by atoms with Gasteiger partial charge in [-0.3, -0.25) is 4.79 Å². The van der Waals surface area contributed by atoms with Crippen molar-refractivity contribution in [2.24, 2.45) is 5.16 Å². The predicted octanol–water partition coefficient (Wildman–Crippen LogP) is 5.06. The number of aromatic amines is 1. The summed E-state index contributed by atoms with van der Waals surface area (Å²) in [5.41, 5.74) is -1.28. The fourth-order valence-electron chi connectivity index (χ4n) is 3.08. The van der Waals surface area contributed by atoms with E-state index < -0.39 is 46.8 Å². The molecule has 0 atom stereocenters. The molecule has 4 nitrogen and oxygen atoms in total. The first-order valence-corrected chi connectivity index (χ1v) is 9.08. The van der Waals surface area contributed by atoms with Crippen LogP contribution in [0.1, 0.15) is 5.56 Å². The molecule has 31 heavy (non-hydrogen) atoms. The number of rotatable bonds is 3. The first-order chi connectivity index (χ1) is 14.8. The standard InChI is InChI=1S/C21H10ClF5N2O2/c22-9-5-6-14-12(7-9)20(10-3-1-2-4-11(10)21(30)28-14)29-31-8-13-15(23)17(25)19(27)18(26)16(13)24/h1-7H,8H2,(H,28,30). The molecule has 1 N–H and O–H groups in total. The van der Waals surface area contributed by atoms with Crippen molar-refractivity contribution in [1.29, 1.82) is 0 Å². The van der Waals surface area contributed by atoms with Crippen molar-refractivity contribution in [2.45, 2.75) is 6.61 Å². The van der Waals surface area contributed by atoms with Crippen LogP contribution in [0.5, 0.6) is 0 Å². The fourth-order valence-corrected chi connectivity index (χ4v) is 3.25. The smallest absolute Gasteiger partial charge is 0.256 e. The number of aromatic nitrogens is 1. The normalized spacial score (nSPS) is 12.0. The second-order valence-corrected chi connectivity index (χ2v) is 6.89. The third-order valence-corrected chi connectivity index (χ3v) is 4.81. The minimum Gasteiger partial charge on any atom is -0.390 e. The zero-order chi connectivity index (χ0) is 22.3. The molecule has 4 aromatic rings. The number of fused-ring (bicyclic) bond motifs is 2. The summed E-state index contributed by atoms with van der Waals surface area (Å²) in [7, 11) is 0. The molecule has 0 fully saturated rings. The zero-order valence-corrected chi connectivity index (χ0v) is 16.0. The molecule has 158 valence electrons. The van der Waals surface area contributed by atoms with E-state index in [1.54, 1.807) is 18.2 Å². The summed E-state index contributed by atoms with van der Waals surface area (Å²) >= 11 is 6.05. The van der Waals surface area contributed by atoms with Gasteiger partial charge in [0.1, 0.15) is 12.0 Å². The molecule has 1 heterocycles. The van der Waals surface area contributed by atoms with Crippen LogP contribution in [0.15, 0.2) is 52.4 Å². The Kier molecular flexibility index (Phi) is 5.36. The maximum atomic E-state index is 13.9. The van der Waals surface area contributed by atoms with E-state index in [1.165, 1.54) is 24.3 Å². The van der Waals surface area contributed by atoms with Crippen molar-refractivity contribution in [3.63, 3.8) is 0 Å². The molecule has 0 spiro atoms. The number of nitrogens with one attached hydrogen (secondary N) is 1. The Balaban J connectivity index is 1.93. The topological polar surface area (TPSA) is 54.5 Å². The van der Waals surface area contributed by atoms with Crippen molar-refractivity contribution in [3.8, 4) is 0 Å². The SMILES string of the molecule is O=c1[nH]c2ccc(Cl)cc2c(=NOCc2c(F)c(F)c(F)c(F)c2F)c2ccccc12. The second kappa shape index (κ2) is 7.99. The van der Waals surface area contributed by atoms with Gasteiger partial charge >= 0.3 is 0 Å². The van der Waals surface area contributed by atoms with Gasteiger partial charge in [0.2, 0.25) is 5.82 Å². The molecule has 3 aromatic carbocycles. The maximum absolute atomic E-state index is 13.9. The average molecular weight is 453 g/mol. The molecule has 0 saturated carbocycles. The van der Waals surface area contributed by atoms with Crippen molar-refractivity contribution < 1.29 is 26.8 Å². The van der Waals surface area contributed by atoms with Crippen LogP contribution in [0.25, 0.3) is 21.7 Å². The second-order valence-electron chi connectivity index (χ2n) is 6.45. The van der Waals surface area contributed by atoms with Crippen molar-refractivity contribution in [3.05, 3.63) is 97.8 Å². The highest BCUT2D eigenvalue weighted by Crippen LogP contribution is 2.23. The van der Waals surface area contributed by atoms with Crippen LogP contribution >= 0.6 is 11.6 Å². The van der Waals surface area contributed by atoms with Gasteiger partial charge in [-0.05, 0) is 24.3 Å². The van der Waals surface area contributed by atoms with Crippen LogP contribution in [-0.4, -0.2) is 4.98 Å². The van der Waals surface area contributed by atoms with Gasteiger partial charge in [-0.1, -0.05) is 35.0 Å². The van der Waals surface area contributed by atoms with Gasteiger partial charge in [0, 0.05) is 21.2 Å². The van der Waals surface area contributed by atoms with Crippen LogP contribution in [0.3, 0.4) is 0 Å². The van der Waals surface area contributed by atoms with Crippen LogP contribution in [0.2, 0.25) is 5.02 Å². The number of nitrogens with zero attached hydrogens (tertiary/aromatic N) is 1. The molecule has 0 amide bonds. The minimum atomic E-state index is -2.27. The predicted molar refractivity (Wildman–Crippen MR) is 104 cm³/mol. The van der Waals surface area contributed by atoms with E-state index in [0.29, 0.717) is 21.3 Å². The lowest BCUT2D eigenvalue weighted by molar-refractivity contribution is 0.114. The molecular weight excluding hydrogens is 443 g/mol. The average Bonchev–Trinajstić information content (AvgIpc) is 2.88. The summed E-state index contributed by atoms with van der Waals surface area (Å²) in [5.74, 6) is -10.5. The van der Waals surface area contributed by atoms with E-state index >= 15 is 0 Å². The number of hydrogen-bond donors (Lipinski definition) is 1. The zero-order valence-electron chi connectivity index (χ0n) is 15.3. The van der Waals surface area contributed by atoms with Gasteiger partial charge in [0.05, 0.1) is 11.1 Å². The summed E-state index contributed by atoms with van der Waals surface area (Å²) in [4.78, 5) is 20.2. The Morgan fingerprint density at radius 2 is 1.45 bits per heavy atom. The van der Waals surface area contributed by atoms with Gasteiger partial charge < -0.3 is 9.82 Å². The molecule has 0 unspecified atom stereocenters. The quantitative estimate of drug-likeness (QED) is 0.204. The highest BCUT2D eigenvalue weighted by molar-refractivity contribution is 6.31. The van der Waals surface area contributed by atoms with Crippen molar-refractivity contribution in [1.82, 2.24) is 4.98 Å². The lowest BCUT2D eigenvalue weighted by Gasteiger charge is -2.07. The molecular formula is C21H10ClF5N2O2. The molecule has 0 aliphatic carbocycles. The first-order valence-electron chi connectivity index (χ1n) is 8.70. The van der Waals surface area contributed by atoms with E-state index in [1.807, 2.05) is 0 Å². The van der Waals surface area contributed by atoms with Crippen molar-refractivity contribution in [2.75, 3.05) is 0 Å². The Morgan fingerprint density at radius 3 is 2.13 bits per heavy atom. The number of benzene rings is 3. The van der Waals surface area contributed by atoms with E-state index in [9.17, 15) is 26.7 Å². The maximum Gasteiger partial charge on any atom is 0.256 e. The van der Waals surface area contributed by atoms with Gasteiger partial charge in [-0.15, -0.1) is 0 Å². The van der Waals surface area contributed by atoms with E-state index in [-0.39, 0.29) is 10.7 Å². The van der Waals surface area contributed by atoms with Gasteiger partial charge in [-0.2, -0.15) is 0 Å². The van der Waals surface area contributed by atoms with Gasteiger partial charge in [0.25, 0.3) is 5.56 Å². The lowest BCUT2D eigenvalue weighted by atomic mass is 10.1. The molecule has 0 radical (unpaired) electrons. The highest BCUT2D eigenvalue weighted by atomic mass is 35.5. The lowest BCUT2D eigenvalue weighted by Crippen LogP contribution is -2.09. The van der Waals surface area contributed by atoms with Crippen LogP contribution < -0.4 is 10.9 Å². The molecule has 10 heteroatoms. The number of hydrogen-bond acceptors (Lipinski definition) is 3. The van der Waals surface area contributed by atoms with Crippen LogP contribution in [0.4, 0.5) is 22.0 Å².